The first-order valence-electron chi connectivity index (χ1n) is 4.98. The third kappa shape index (κ3) is 1.69. The Kier molecular flexibility index (Phi) is 2.76. The molecule has 8 heteroatoms. The van der Waals surface area contributed by atoms with Crippen LogP contribution in [0.25, 0.3) is 5.69 Å². The number of hydrogen-bond acceptors (Lipinski definition) is 6. The van der Waals surface area contributed by atoms with Gasteiger partial charge in [0, 0.05) is 6.07 Å². The average Bonchev–Trinajstić information content (AvgIpc) is 2.64. The second-order valence-electron chi connectivity index (χ2n) is 3.57. The standard InChI is InChI=1S/C10H9N5O3/c1-6-9(13-16)10(11)14(12-6)7-4-2-3-5-8(7)15(17)18/h2-5H,11H2,1H3. The molecule has 92 valence electrons. The van der Waals surface area contributed by atoms with Crippen LogP contribution in [0.4, 0.5) is 17.2 Å². The van der Waals surface area contributed by atoms with Crippen molar-refractivity contribution in [3.05, 3.63) is 45.0 Å². The van der Waals surface area contributed by atoms with Crippen LogP contribution in [0.15, 0.2) is 29.4 Å². The number of nitro benzene ring substituents is 1. The Morgan fingerprint density at radius 2 is 2.11 bits per heavy atom. The molecule has 2 aromatic rings. The number of para-hydroxylation sites is 2. The highest BCUT2D eigenvalue weighted by molar-refractivity contribution is 5.66. The summed E-state index contributed by atoms with van der Waals surface area (Å²) in [5.41, 5.74) is 6.06. The third-order valence-corrected chi connectivity index (χ3v) is 2.46. The average molecular weight is 247 g/mol. The molecular formula is C10H9N5O3. The van der Waals surface area contributed by atoms with Crippen molar-refractivity contribution in [2.24, 2.45) is 5.18 Å². The quantitative estimate of drug-likeness (QED) is 0.506. The Bertz CT molecular complexity index is 634. The van der Waals surface area contributed by atoms with Crippen molar-refractivity contribution in [3.8, 4) is 5.69 Å². The number of nitrogen functional groups attached to an aromatic ring is 1. The van der Waals surface area contributed by atoms with Gasteiger partial charge in [0.25, 0.3) is 5.69 Å². The Hall–Kier alpha value is -2.77. The molecule has 0 atom stereocenters. The topological polar surface area (TPSA) is 116 Å². The molecule has 1 aromatic carbocycles. The monoisotopic (exact) mass is 247 g/mol. The van der Waals surface area contributed by atoms with Crippen LogP contribution in [0.1, 0.15) is 5.69 Å². The van der Waals surface area contributed by atoms with Gasteiger partial charge in [-0.15, -0.1) is 4.91 Å². The molecule has 0 aliphatic carbocycles. The third-order valence-electron chi connectivity index (χ3n) is 2.46. The van der Waals surface area contributed by atoms with Crippen LogP contribution < -0.4 is 5.73 Å². The number of nitrogens with two attached hydrogens (primary N) is 1. The van der Waals surface area contributed by atoms with Gasteiger partial charge in [0.1, 0.15) is 5.69 Å². The number of benzene rings is 1. The molecule has 0 saturated heterocycles. The molecule has 2 rings (SSSR count). The van der Waals surface area contributed by atoms with E-state index in [1.807, 2.05) is 0 Å². The molecule has 0 spiro atoms. The summed E-state index contributed by atoms with van der Waals surface area (Å²) in [6.45, 7) is 1.55. The van der Waals surface area contributed by atoms with Crippen molar-refractivity contribution in [1.82, 2.24) is 9.78 Å². The van der Waals surface area contributed by atoms with Gasteiger partial charge >= 0.3 is 0 Å². The minimum atomic E-state index is -0.542. The molecule has 18 heavy (non-hydrogen) atoms. The first kappa shape index (κ1) is 11.7. The van der Waals surface area contributed by atoms with Gasteiger partial charge in [0.15, 0.2) is 11.5 Å². The maximum atomic E-state index is 10.9. The second-order valence-corrected chi connectivity index (χ2v) is 3.57. The predicted octanol–water partition coefficient (Wildman–Crippen LogP) is 2.07. The van der Waals surface area contributed by atoms with Crippen molar-refractivity contribution >= 4 is 17.2 Å². The number of nitroso groups, excluding NO2 is 1. The first-order chi connectivity index (χ1) is 8.56. The van der Waals surface area contributed by atoms with Crippen LogP contribution in [0, 0.1) is 21.9 Å². The Labute approximate surface area is 101 Å². The summed E-state index contributed by atoms with van der Waals surface area (Å²) >= 11 is 0. The van der Waals surface area contributed by atoms with Crippen LogP contribution in [0.2, 0.25) is 0 Å². The Balaban J connectivity index is 2.70. The Morgan fingerprint density at radius 1 is 1.44 bits per heavy atom. The molecule has 8 nitrogen and oxygen atoms in total. The van der Waals surface area contributed by atoms with Gasteiger partial charge in [-0.2, -0.15) is 5.10 Å². The molecule has 0 bridgehead atoms. The molecular weight excluding hydrogens is 238 g/mol. The molecule has 2 N–H and O–H groups in total. The second kappa shape index (κ2) is 4.24. The Morgan fingerprint density at radius 3 is 2.67 bits per heavy atom. The SMILES string of the molecule is Cc1nn(-c2ccccc2[N+](=O)[O-])c(N)c1N=O. The molecule has 1 heterocycles. The fourth-order valence-corrected chi connectivity index (χ4v) is 1.63. The van der Waals surface area contributed by atoms with Crippen molar-refractivity contribution in [2.45, 2.75) is 6.92 Å². The van der Waals surface area contributed by atoms with Crippen LogP contribution in [0.3, 0.4) is 0 Å². The highest BCUT2D eigenvalue weighted by Crippen LogP contribution is 2.31. The molecule has 0 unspecified atom stereocenters. The number of hydrogen-bond donors (Lipinski definition) is 1. The van der Waals surface area contributed by atoms with E-state index in [0.29, 0.717) is 5.69 Å². The van der Waals surface area contributed by atoms with E-state index >= 15 is 0 Å². The lowest BCUT2D eigenvalue weighted by atomic mass is 10.2. The lowest BCUT2D eigenvalue weighted by Crippen LogP contribution is -2.05. The van der Waals surface area contributed by atoms with Crippen molar-refractivity contribution in [3.63, 3.8) is 0 Å². The van der Waals surface area contributed by atoms with Crippen LogP contribution in [0.5, 0.6) is 0 Å². The van der Waals surface area contributed by atoms with Gasteiger partial charge in [-0.1, -0.05) is 12.1 Å². The number of rotatable bonds is 3. The fraction of sp³-hybridized carbons (Fsp3) is 0.100. The fourth-order valence-electron chi connectivity index (χ4n) is 1.63. The van der Waals surface area contributed by atoms with Gasteiger partial charge in [-0.3, -0.25) is 10.1 Å². The minimum absolute atomic E-state index is 0.00634. The summed E-state index contributed by atoms with van der Waals surface area (Å²) in [7, 11) is 0. The summed E-state index contributed by atoms with van der Waals surface area (Å²) in [5.74, 6) is -0.0169. The van der Waals surface area contributed by atoms with Crippen molar-refractivity contribution in [1.29, 1.82) is 0 Å². The van der Waals surface area contributed by atoms with E-state index in [2.05, 4.69) is 10.3 Å². The van der Waals surface area contributed by atoms with Crippen LogP contribution >= 0.6 is 0 Å². The van der Waals surface area contributed by atoms with Crippen LogP contribution in [-0.4, -0.2) is 14.7 Å². The maximum Gasteiger partial charge on any atom is 0.294 e. The van der Waals surface area contributed by atoms with E-state index in [9.17, 15) is 15.0 Å². The molecule has 1 aromatic heterocycles. The summed E-state index contributed by atoms with van der Waals surface area (Å²) in [5, 5.41) is 17.7. The van der Waals surface area contributed by atoms with Crippen LogP contribution in [-0.2, 0) is 0 Å². The number of aromatic nitrogens is 2. The zero-order chi connectivity index (χ0) is 13.3. The van der Waals surface area contributed by atoms with Gasteiger partial charge < -0.3 is 5.73 Å². The number of nitrogens with zero attached hydrogens (tertiary/aromatic N) is 4. The zero-order valence-corrected chi connectivity index (χ0v) is 9.40. The summed E-state index contributed by atoms with van der Waals surface area (Å²) in [6.07, 6.45) is 0. The van der Waals surface area contributed by atoms with Gasteiger partial charge in [0.2, 0.25) is 0 Å². The highest BCUT2D eigenvalue weighted by atomic mass is 16.6. The lowest BCUT2D eigenvalue weighted by Gasteiger charge is -2.04. The van der Waals surface area contributed by atoms with E-state index in [4.69, 9.17) is 5.73 Å². The lowest BCUT2D eigenvalue weighted by molar-refractivity contribution is -0.384. The summed E-state index contributed by atoms with van der Waals surface area (Å²) in [4.78, 5) is 21.0. The molecule has 0 radical (unpaired) electrons. The van der Waals surface area contributed by atoms with E-state index in [-0.39, 0.29) is 22.9 Å². The molecule has 0 amide bonds. The van der Waals surface area contributed by atoms with E-state index in [0.717, 1.165) is 4.68 Å². The van der Waals surface area contributed by atoms with E-state index in [1.165, 1.54) is 18.2 Å². The highest BCUT2D eigenvalue weighted by Gasteiger charge is 2.20. The number of aryl methyl sites for hydroxylation is 1. The normalized spacial score (nSPS) is 10.3. The van der Waals surface area contributed by atoms with Crippen molar-refractivity contribution < 1.29 is 4.92 Å². The minimum Gasteiger partial charge on any atom is -0.382 e. The van der Waals surface area contributed by atoms with E-state index < -0.39 is 4.92 Å². The van der Waals surface area contributed by atoms with Gasteiger partial charge in [0.05, 0.1) is 10.6 Å². The maximum absolute atomic E-state index is 10.9. The molecule has 0 fully saturated rings. The van der Waals surface area contributed by atoms with E-state index in [1.54, 1.807) is 13.0 Å². The zero-order valence-electron chi connectivity index (χ0n) is 9.40. The first-order valence-corrected chi connectivity index (χ1v) is 4.98. The van der Waals surface area contributed by atoms with Gasteiger partial charge in [-0.05, 0) is 18.2 Å². The van der Waals surface area contributed by atoms with Crippen molar-refractivity contribution in [2.75, 3.05) is 5.73 Å². The predicted molar refractivity (Wildman–Crippen MR) is 64.8 cm³/mol. The number of nitro groups is 1. The molecule has 0 aliphatic rings. The number of anilines is 1. The summed E-state index contributed by atoms with van der Waals surface area (Å²) < 4.78 is 1.14. The molecule has 0 saturated carbocycles. The summed E-state index contributed by atoms with van der Waals surface area (Å²) in [6, 6.07) is 5.98. The molecule has 0 aliphatic heterocycles. The largest absolute Gasteiger partial charge is 0.382 e. The van der Waals surface area contributed by atoms with Gasteiger partial charge in [-0.25, -0.2) is 4.68 Å². The smallest absolute Gasteiger partial charge is 0.294 e.